The number of hydrogen-bond donors (Lipinski definition) is 0. The summed E-state index contributed by atoms with van der Waals surface area (Å²) >= 11 is 0. The van der Waals surface area contributed by atoms with E-state index >= 15 is 0 Å². The predicted molar refractivity (Wildman–Crippen MR) is 238 cm³/mol. The molecule has 0 saturated carbocycles. The first-order chi connectivity index (χ1) is 28.7. The van der Waals surface area contributed by atoms with Crippen LogP contribution in [0, 0.1) is 0 Å². The molecule has 0 amide bonds. The van der Waals surface area contributed by atoms with Gasteiger partial charge in [-0.05, 0) is 64.7 Å². The second kappa shape index (κ2) is 14.0. The molecule has 5 nitrogen and oxygen atoms in total. The molecule has 0 spiro atoms. The van der Waals surface area contributed by atoms with Crippen molar-refractivity contribution in [2.45, 2.75) is 0 Å². The average Bonchev–Trinajstić information content (AvgIpc) is 3.90. The Morgan fingerprint density at radius 3 is 1.48 bits per heavy atom. The van der Waals surface area contributed by atoms with Gasteiger partial charge in [0.1, 0.15) is 0 Å². The van der Waals surface area contributed by atoms with E-state index in [0.29, 0.717) is 17.5 Å². The fraction of sp³-hybridized carbons (Fsp3) is 0. The highest BCUT2D eigenvalue weighted by atomic mass is 15.0. The molecule has 0 aliphatic heterocycles. The van der Waals surface area contributed by atoms with Crippen LogP contribution in [0.5, 0.6) is 0 Å². The SMILES string of the molecule is c1ccc(-c2cccc(-n3ccc4ccc5c6ccccc6n(-c6cc(-c7ccccc7)cc(-c7nc(-c8ccccc8)nc(-c8ccccc8)n7)c6)c5c43)c2)cc1. The first kappa shape index (κ1) is 33.4. The molecule has 0 fully saturated rings. The summed E-state index contributed by atoms with van der Waals surface area (Å²) in [5.74, 6) is 1.87. The largest absolute Gasteiger partial charge is 0.315 e. The molecule has 11 aromatic rings. The van der Waals surface area contributed by atoms with Gasteiger partial charge in [-0.3, -0.25) is 0 Å². The molecule has 0 aliphatic rings. The number of nitrogens with zero attached hydrogens (tertiary/aromatic N) is 5. The Labute approximate surface area is 335 Å². The van der Waals surface area contributed by atoms with Gasteiger partial charge in [0.2, 0.25) is 0 Å². The molecule has 0 saturated heterocycles. The fourth-order valence-corrected chi connectivity index (χ4v) is 8.23. The van der Waals surface area contributed by atoms with Crippen LogP contribution in [0.15, 0.2) is 212 Å². The molecule has 0 bridgehead atoms. The Hall–Kier alpha value is -7.89. The van der Waals surface area contributed by atoms with E-state index in [4.69, 9.17) is 15.0 Å². The Bertz CT molecular complexity index is 3200. The minimum absolute atomic E-state index is 0.610. The molecule has 0 radical (unpaired) electrons. The maximum Gasteiger partial charge on any atom is 0.164 e. The summed E-state index contributed by atoms with van der Waals surface area (Å²) in [6.45, 7) is 0. The molecular formula is C53H35N5. The highest BCUT2D eigenvalue weighted by Crippen LogP contribution is 2.40. The summed E-state index contributed by atoms with van der Waals surface area (Å²) in [7, 11) is 0. The third-order valence-electron chi connectivity index (χ3n) is 11.0. The van der Waals surface area contributed by atoms with Crippen molar-refractivity contribution in [2.75, 3.05) is 0 Å². The van der Waals surface area contributed by atoms with Crippen LogP contribution in [0.2, 0.25) is 0 Å². The Balaban J connectivity index is 1.20. The van der Waals surface area contributed by atoms with Crippen molar-refractivity contribution < 1.29 is 0 Å². The van der Waals surface area contributed by atoms with Crippen molar-refractivity contribution in [1.82, 2.24) is 24.1 Å². The Kier molecular flexibility index (Phi) is 8.07. The molecule has 0 atom stereocenters. The standard InChI is InChI=1S/C53H35N5/c1-5-16-36(17-6-1)41-24-15-25-44(33-41)57-31-30-38-28-29-47-46-26-13-14-27-48(46)58(50(47)49(38)57)45-34-42(37-18-7-2-8-19-37)32-43(35-45)53-55-51(39-20-9-3-10-21-39)54-52(56-53)40-22-11-4-12-23-40/h1-35H. The summed E-state index contributed by atoms with van der Waals surface area (Å²) in [4.78, 5) is 15.3. The molecule has 8 aromatic carbocycles. The average molecular weight is 742 g/mol. The Morgan fingerprint density at radius 2 is 0.828 bits per heavy atom. The van der Waals surface area contributed by atoms with Crippen LogP contribution in [-0.2, 0) is 0 Å². The highest BCUT2D eigenvalue weighted by molar-refractivity contribution is 6.18. The van der Waals surface area contributed by atoms with Crippen LogP contribution in [0.4, 0.5) is 0 Å². The summed E-state index contributed by atoms with van der Waals surface area (Å²) in [5.41, 5.74) is 12.8. The zero-order chi connectivity index (χ0) is 38.4. The zero-order valence-electron chi connectivity index (χ0n) is 31.4. The van der Waals surface area contributed by atoms with Gasteiger partial charge < -0.3 is 9.13 Å². The number of fused-ring (bicyclic) bond motifs is 5. The van der Waals surface area contributed by atoms with Crippen LogP contribution >= 0.6 is 0 Å². The van der Waals surface area contributed by atoms with E-state index in [0.717, 1.165) is 55.7 Å². The molecular weight excluding hydrogens is 707 g/mol. The lowest BCUT2D eigenvalue weighted by atomic mass is 10.0. The Morgan fingerprint density at radius 1 is 0.310 bits per heavy atom. The van der Waals surface area contributed by atoms with Crippen LogP contribution in [0.1, 0.15) is 0 Å². The minimum atomic E-state index is 0.610. The van der Waals surface area contributed by atoms with Crippen LogP contribution in [-0.4, -0.2) is 24.1 Å². The van der Waals surface area contributed by atoms with Gasteiger partial charge in [0.25, 0.3) is 0 Å². The van der Waals surface area contributed by atoms with E-state index in [2.05, 4.69) is 161 Å². The van der Waals surface area contributed by atoms with E-state index in [1.807, 2.05) is 60.7 Å². The number of para-hydroxylation sites is 1. The van der Waals surface area contributed by atoms with Crippen molar-refractivity contribution in [3.8, 4) is 67.8 Å². The van der Waals surface area contributed by atoms with Crippen molar-refractivity contribution in [2.24, 2.45) is 0 Å². The van der Waals surface area contributed by atoms with Crippen molar-refractivity contribution in [3.05, 3.63) is 212 Å². The summed E-state index contributed by atoms with van der Waals surface area (Å²) < 4.78 is 4.77. The molecule has 3 aromatic heterocycles. The van der Waals surface area contributed by atoms with Gasteiger partial charge in [-0.25, -0.2) is 15.0 Å². The highest BCUT2D eigenvalue weighted by Gasteiger charge is 2.21. The van der Waals surface area contributed by atoms with Crippen LogP contribution < -0.4 is 0 Å². The van der Waals surface area contributed by atoms with Crippen molar-refractivity contribution in [3.63, 3.8) is 0 Å². The number of rotatable bonds is 7. The summed E-state index contributed by atoms with van der Waals surface area (Å²) in [6, 6.07) is 72.4. The molecule has 272 valence electrons. The molecule has 3 heterocycles. The second-order valence-corrected chi connectivity index (χ2v) is 14.5. The second-order valence-electron chi connectivity index (χ2n) is 14.5. The maximum absolute atomic E-state index is 5.17. The number of hydrogen-bond acceptors (Lipinski definition) is 3. The van der Waals surface area contributed by atoms with Crippen LogP contribution in [0.25, 0.3) is 101 Å². The van der Waals surface area contributed by atoms with Gasteiger partial charge in [0.15, 0.2) is 17.5 Å². The monoisotopic (exact) mass is 741 g/mol. The molecule has 58 heavy (non-hydrogen) atoms. The molecule has 0 unspecified atom stereocenters. The molecule has 5 heteroatoms. The first-order valence-electron chi connectivity index (χ1n) is 19.5. The van der Waals surface area contributed by atoms with Gasteiger partial charge >= 0.3 is 0 Å². The van der Waals surface area contributed by atoms with E-state index in [9.17, 15) is 0 Å². The van der Waals surface area contributed by atoms with Gasteiger partial charge in [-0.15, -0.1) is 0 Å². The van der Waals surface area contributed by atoms with Crippen molar-refractivity contribution in [1.29, 1.82) is 0 Å². The minimum Gasteiger partial charge on any atom is -0.315 e. The summed E-state index contributed by atoms with van der Waals surface area (Å²) in [6.07, 6.45) is 2.20. The quantitative estimate of drug-likeness (QED) is 0.163. The zero-order valence-corrected chi connectivity index (χ0v) is 31.4. The molecule has 0 aliphatic carbocycles. The van der Waals surface area contributed by atoms with Crippen LogP contribution in [0.3, 0.4) is 0 Å². The van der Waals surface area contributed by atoms with Gasteiger partial charge in [-0.1, -0.05) is 164 Å². The lowest BCUT2D eigenvalue weighted by molar-refractivity contribution is 1.07. The predicted octanol–water partition coefficient (Wildman–Crippen LogP) is 13.2. The normalized spacial score (nSPS) is 11.4. The van der Waals surface area contributed by atoms with E-state index in [1.165, 1.54) is 27.3 Å². The number of benzene rings is 8. The van der Waals surface area contributed by atoms with E-state index < -0.39 is 0 Å². The van der Waals surface area contributed by atoms with E-state index in [-0.39, 0.29) is 0 Å². The molecule has 0 N–H and O–H groups in total. The van der Waals surface area contributed by atoms with Gasteiger partial charge in [0, 0.05) is 50.4 Å². The smallest absolute Gasteiger partial charge is 0.164 e. The lowest BCUT2D eigenvalue weighted by Gasteiger charge is -2.16. The third-order valence-corrected chi connectivity index (χ3v) is 11.0. The first-order valence-corrected chi connectivity index (χ1v) is 19.5. The van der Waals surface area contributed by atoms with Gasteiger partial charge in [-0.2, -0.15) is 0 Å². The van der Waals surface area contributed by atoms with Gasteiger partial charge in [0.05, 0.1) is 16.6 Å². The molecule has 11 rings (SSSR count). The maximum atomic E-state index is 5.17. The lowest BCUT2D eigenvalue weighted by Crippen LogP contribution is -2.02. The van der Waals surface area contributed by atoms with E-state index in [1.54, 1.807) is 0 Å². The van der Waals surface area contributed by atoms with Crippen molar-refractivity contribution >= 4 is 32.7 Å². The summed E-state index contributed by atoms with van der Waals surface area (Å²) in [5, 5.41) is 3.54. The fourth-order valence-electron chi connectivity index (χ4n) is 8.23. The third kappa shape index (κ3) is 5.85. The topological polar surface area (TPSA) is 48.5 Å². The number of aromatic nitrogens is 5.